The summed E-state index contributed by atoms with van der Waals surface area (Å²) in [6.45, 7) is 4.83. The molecule has 0 spiro atoms. The van der Waals surface area contributed by atoms with Crippen LogP contribution in [0.15, 0.2) is 18.2 Å². The lowest BCUT2D eigenvalue weighted by Crippen LogP contribution is -2.41. The van der Waals surface area contributed by atoms with Gasteiger partial charge in [0.25, 0.3) is 0 Å². The van der Waals surface area contributed by atoms with E-state index in [-0.39, 0.29) is 11.6 Å². The van der Waals surface area contributed by atoms with E-state index in [1.165, 1.54) is 18.4 Å². The normalized spacial score (nSPS) is 19.4. The standard InChI is InChI=1S/C16H25NO2/c1-4-19-16(9-5-6-10-16)15(17)13-11-12(2)7-8-14(13)18-3/h7-8,11,15H,4-6,9-10,17H2,1-3H3. The SMILES string of the molecule is CCOC1(C(N)c2cc(C)ccc2OC)CCCC1. The smallest absolute Gasteiger partial charge is 0.123 e. The third kappa shape index (κ3) is 2.77. The van der Waals surface area contributed by atoms with E-state index in [0.29, 0.717) is 6.61 Å². The van der Waals surface area contributed by atoms with Gasteiger partial charge < -0.3 is 15.2 Å². The lowest BCUT2D eigenvalue weighted by Gasteiger charge is -2.36. The van der Waals surface area contributed by atoms with Crippen LogP contribution in [0.2, 0.25) is 0 Å². The zero-order chi connectivity index (χ0) is 13.9. The maximum atomic E-state index is 6.56. The van der Waals surface area contributed by atoms with E-state index in [4.69, 9.17) is 15.2 Å². The molecule has 1 aliphatic rings. The molecule has 0 heterocycles. The fourth-order valence-corrected chi connectivity index (χ4v) is 3.19. The van der Waals surface area contributed by atoms with Crippen LogP contribution in [0.4, 0.5) is 0 Å². The number of benzene rings is 1. The number of nitrogens with two attached hydrogens (primary N) is 1. The van der Waals surface area contributed by atoms with E-state index in [2.05, 4.69) is 19.1 Å². The Kier molecular flexibility index (Phi) is 4.48. The summed E-state index contributed by atoms with van der Waals surface area (Å²) in [5.41, 5.74) is 8.62. The van der Waals surface area contributed by atoms with Gasteiger partial charge in [-0.2, -0.15) is 0 Å². The molecule has 0 radical (unpaired) electrons. The number of aryl methyl sites for hydroxylation is 1. The van der Waals surface area contributed by atoms with Crippen molar-refractivity contribution in [2.75, 3.05) is 13.7 Å². The molecular weight excluding hydrogens is 238 g/mol. The van der Waals surface area contributed by atoms with Crippen molar-refractivity contribution in [3.05, 3.63) is 29.3 Å². The largest absolute Gasteiger partial charge is 0.496 e. The van der Waals surface area contributed by atoms with E-state index in [9.17, 15) is 0 Å². The molecule has 19 heavy (non-hydrogen) atoms. The molecule has 1 saturated carbocycles. The van der Waals surface area contributed by atoms with E-state index in [1.54, 1.807) is 7.11 Å². The third-order valence-corrected chi connectivity index (χ3v) is 4.17. The fraction of sp³-hybridized carbons (Fsp3) is 0.625. The quantitative estimate of drug-likeness (QED) is 0.886. The Bertz CT molecular complexity index is 425. The van der Waals surface area contributed by atoms with E-state index in [0.717, 1.165) is 24.2 Å². The highest BCUT2D eigenvalue weighted by molar-refractivity contribution is 5.40. The number of ether oxygens (including phenoxy) is 2. The summed E-state index contributed by atoms with van der Waals surface area (Å²) in [5, 5.41) is 0. The number of methoxy groups -OCH3 is 1. The van der Waals surface area contributed by atoms with Gasteiger partial charge in [-0.25, -0.2) is 0 Å². The summed E-state index contributed by atoms with van der Waals surface area (Å²) in [6.07, 6.45) is 4.47. The third-order valence-electron chi connectivity index (χ3n) is 4.17. The molecule has 3 nitrogen and oxygen atoms in total. The summed E-state index contributed by atoms with van der Waals surface area (Å²) >= 11 is 0. The van der Waals surface area contributed by atoms with Gasteiger partial charge in [-0.3, -0.25) is 0 Å². The van der Waals surface area contributed by atoms with Crippen molar-refractivity contribution < 1.29 is 9.47 Å². The van der Waals surface area contributed by atoms with Gasteiger partial charge in [0.2, 0.25) is 0 Å². The van der Waals surface area contributed by atoms with Crippen LogP contribution < -0.4 is 10.5 Å². The minimum Gasteiger partial charge on any atom is -0.496 e. The second-order valence-corrected chi connectivity index (χ2v) is 5.43. The molecule has 0 bridgehead atoms. The average Bonchev–Trinajstić information content (AvgIpc) is 2.88. The van der Waals surface area contributed by atoms with Crippen LogP contribution in [-0.4, -0.2) is 19.3 Å². The van der Waals surface area contributed by atoms with Gasteiger partial charge in [0.15, 0.2) is 0 Å². The first-order valence-electron chi connectivity index (χ1n) is 7.17. The molecule has 1 unspecified atom stereocenters. The maximum Gasteiger partial charge on any atom is 0.123 e. The summed E-state index contributed by atoms with van der Waals surface area (Å²) in [7, 11) is 1.70. The molecule has 1 fully saturated rings. The predicted molar refractivity (Wildman–Crippen MR) is 77.5 cm³/mol. The molecule has 0 aromatic heterocycles. The van der Waals surface area contributed by atoms with Crippen molar-refractivity contribution in [1.82, 2.24) is 0 Å². The molecule has 2 N–H and O–H groups in total. The Labute approximate surface area is 116 Å². The maximum absolute atomic E-state index is 6.56. The Hall–Kier alpha value is -1.06. The molecule has 1 aliphatic carbocycles. The van der Waals surface area contributed by atoms with Crippen molar-refractivity contribution in [2.24, 2.45) is 5.73 Å². The van der Waals surface area contributed by atoms with Crippen molar-refractivity contribution in [1.29, 1.82) is 0 Å². The second kappa shape index (κ2) is 5.93. The highest BCUT2D eigenvalue weighted by Gasteiger charge is 2.42. The van der Waals surface area contributed by atoms with Gasteiger partial charge in [0, 0.05) is 12.2 Å². The second-order valence-electron chi connectivity index (χ2n) is 5.43. The van der Waals surface area contributed by atoms with Crippen LogP contribution >= 0.6 is 0 Å². The average molecular weight is 263 g/mol. The van der Waals surface area contributed by atoms with Crippen molar-refractivity contribution in [2.45, 2.75) is 51.2 Å². The zero-order valence-corrected chi connectivity index (χ0v) is 12.2. The van der Waals surface area contributed by atoms with Gasteiger partial charge in [-0.05, 0) is 32.8 Å². The topological polar surface area (TPSA) is 44.5 Å². The summed E-state index contributed by atoms with van der Waals surface area (Å²) in [4.78, 5) is 0. The Balaban J connectivity index is 2.36. The monoisotopic (exact) mass is 263 g/mol. The highest BCUT2D eigenvalue weighted by atomic mass is 16.5. The molecular formula is C16H25NO2. The molecule has 0 aliphatic heterocycles. The molecule has 1 aromatic carbocycles. The van der Waals surface area contributed by atoms with Crippen molar-refractivity contribution in [3.63, 3.8) is 0 Å². The number of rotatable bonds is 5. The first kappa shape index (κ1) is 14.4. The number of hydrogen-bond acceptors (Lipinski definition) is 3. The van der Waals surface area contributed by atoms with Crippen LogP contribution in [0.3, 0.4) is 0 Å². The Morgan fingerprint density at radius 1 is 1.32 bits per heavy atom. The summed E-state index contributed by atoms with van der Waals surface area (Å²) in [5.74, 6) is 0.865. The molecule has 2 rings (SSSR count). The van der Waals surface area contributed by atoms with Gasteiger partial charge in [0.1, 0.15) is 5.75 Å². The van der Waals surface area contributed by atoms with Gasteiger partial charge in [-0.15, -0.1) is 0 Å². The lowest BCUT2D eigenvalue weighted by atomic mass is 9.86. The van der Waals surface area contributed by atoms with E-state index < -0.39 is 0 Å². The first-order chi connectivity index (χ1) is 9.13. The molecule has 0 saturated heterocycles. The Morgan fingerprint density at radius 2 is 2.00 bits per heavy atom. The lowest BCUT2D eigenvalue weighted by molar-refractivity contribution is -0.0540. The van der Waals surface area contributed by atoms with Crippen LogP contribution in [0.25, 0.3) is 0 Å². The van der Waals surface area contributed by atoms with Crippen LogP contribution in [-0.2, 0) is 4.74 Å². The molecule has 0 amide bonds. The minimum absolute atomic E-state index is 0.121. The zero-order valence-electron chi connectivity index (χ0n) is 12.2. The highest BCUT2D eigenvalue weighted by Crippen LogP contribution is 2.44. The Morgan fingerprint density at radius 3 is 2.58 bits per heavy atom. The van der Waals surface area contributed by atoms with Crippen LogP contribution in [0.1, 0.15) is 49.8 Å². The van der Waals surface area contributed by atoms with Crippen LogP contribution in [0, 0.1) is 6.92 Å². The van der Waals surface area contributed by atoms with Gasteiger partial charge in [-0.1, -0.05) is 30.5 Å². The molecule has 3 heteroatoms. The van der Waals surface area contributed by atoms with E-state index in [1.807, 2.05) is 13.0 Å². The predicted octanol–water partition coefficient (Wildman–Crippen LogP) is 3.35. The number of hydrogen-bond donors (Lipinski definition) is 1. The van der Waals surface area contributed by atoms with E-state index >= 15 is 0 Å². The van der Waals surface area contributed by atoms with Crippen molar-refractivity contribution >= 4 is 0 Å². The molecule has 106 valence electrons. The van der Waals surface area contributed by atoms with Crippen LogP contribution in [0.5, 0.6) is 5.75 Å². The molecule has 1 atom stereocenters. The first-order valence-corrected chi connectivity index (χ1v) is 7.17. The summed E-state index contributed by atoms with van der Waals surface area (Å²) in [6, 6.07) is 6.06. The minimum atomic E-state index is -0.212. The molecule has 1 aromatic rings. The van der Waals surface area contributed by atoms with Gasteiger partial charge >= 0.3 is 0 Å². The van der Waals surface area contributed by atoms with Gasteiger partial charge in [0.05, 0.1) is 18.8 Å². The van der Waals surface area contributed by atoms with Crippen molar-refractivity contribution in [3.8, 4) is 5.75 Å². The summed E-state index contributed by atoms with van der Waals surface area (Å²) < 4.78 is 11.5. The fourth-order valence-electron chi connectivity index (χ4n) is 3.19.